The Bertz CT molecular complexity index is 935. The minimum Gasteiger partial charge on any atom is -0.492 e. The fourth-order valence-corrected chi connectivity index (χ4v) is 4.22. The van der Waals surface area contributed by atoms with Crippen LogP contribution in [0.4, 0.5) is 0 Å². The van der Waals surface area contributed by atoms with E-state index in [9.17, 15) is 13.2 Å². The molecule has 2 aromatic carbocycles. The summed E-state index contributed by atoms with van der Waals surface area (Å²) in [6.45, 7) is 3.75. The molecule has 0 aliphatic heterocycles. The van der Waals surface area contributed by atoms with E-state index in [2.05, 4.69) is 21.2 Å². The van der Waals surface area contributed by atoms with Crippen LogP contribution in [0.5, 0.6) is 5.75 Å². The van der Waals surface area contributed by atoms with Gasteiger partial charge in [-0.1, -0.05) is 39.7 Å². The van der Waals surface area contributed by atoms with Gasteiger partial charge in [-0.15, -0.1) is 0 Å². The van der Waals surface area contributed by atoms with Gasteiger partial charge in [0.25, 0.3) is 0 Å². The molecule has 9 heteroatoms. The van der Waals surface area contributed by atoms with Crippen LogP contribution in [0, 0.1) is 0 Å². The second kappa shape index (κ2) is 9.73. The van der Waals surface area contributed by atoms with Gasteiger partial charge in [0, 0.05) is 11.5 Å². The van der Waals surface area contributed by atoms with Crippen molar-refractivity contribution in [3.63, 3.8) is 0 Å². The molecule has 0 aliphatic carbocycles. The number of amides is 1. The Balaban J connectivity index is 2.05. The highest BCUT2D eigenvalue weighted by molar-refractivity contribution is 9.10. The molecule has 0 aliphatic rings. The summed E-state index contributed by atoms with van der Waals surface area (Å²) in [6, 6.07) is 11.5. The Kier molecular flexibility index (Phi) is 7.88. The topological polar surface area (TPSA) is 75.7 Å². The molecule has 0 radical (unpaired) electrons. The maximum absolute atomic E-state index is 12.7. The normalized spacial score (nSPS) is 12.6. The highest BCUT2D eigenvalue weighted by Crippen LogP contribution is 2.28. The van der Waals surface area contributed by atoms with Crippen molar-refractivity contribution in [1.82, 2.24) is 9.62 Å². The summed E-state index contributed by atoms with van der Waals surface area (Å²) in [5.41, 5.74) is 0.917. The monoisotopic (exact) mass is 488 g/mol. The number of nitrogens with zero attached hydrogens (tertiary/aromatic N) is 1. The van der Waals surface area contributed by atoms with Crippen molar-refractivity contribution >= 4 is 43.5 Å². The predicted molar refractivity (Wildman–Crippen MR) is 113 cm³/mol. The van der Waals surface area contributed by atoms with Crippen molar-refractivity contribution in [2.75, 3.05) is 20.2 Å². The third kappa shape index (κ3) is 5.70. The van der Waals surface area contributed by atoms with Gasteiger partial charge in [0.2, 0.25) is 15.9 Å². The third-order valence-electron chi connectivity index (χ3n) is 4.03. The van der Waals surface area contributed by atoms with E-state index >= 15 is 0 Å². The number of halogens is 2. The summed E-state index contributed by atoms with van der Waals surface area (Å²) in [7, 11) is -2.52. The smallest absolute Gasteiger partial charge is 0.243 e. The number of hydrogen-bond acceptors (Lipinski definition) is 4. The van der Waals surface area contributed by atoms with Gasteiger partial charge < -0.3 is 10.1 Å². The summed E-state index contributed by atoms with van der Waals surface area (Å²) >= 11 is 9.44. The van der Waals surface area contributed by atoms with Crippen LogP contribution in [0.1, 0.15) is 25.5 Å². The standard InChI is InChI=1S/C19H22BrClN2O4S/c1-4-27-18-10-9-16(11-17(18)21)28(25,26)23(3)12-19(24)22-13(2)14-5-7-15(20)8-6-14/h5-11,13H,4,12H2,1-3H3,(H,22,24)/t13-/m0/s1. The molecule has 1 N–H and O–H groups in total. The lowest BCUT2D eigenvalue weighted by Gasteiger charge is -2.20. The zero-order valence-corrected chi connectivity index (χ0v) is 18.9. The van der Waals surface area contributed by atoms with Gasteiger partial charge in [0.15, 0.2) is 0 Å². The van der Waals surface area contributed by atoms with Crippen LogP contribution in [0.25, 0.3) is 0 Å². The first kappa shape index (κ1) is 22.7. The van der Waals surface area contributed by atoms with Gasteiger partial charge in [-0.25, -0.2) is 8.42 Å². The molecule has 0 fully saturated rings. The van der Waals surface area contributed by atoms with Gasteiger partial charge in [-0.2, -0.15) is 4.31 Å². The Labute approximate surface area is 179 Å². The molecular weight excluding hydrogens is 468 g/mol. The highest BCUT2D eigenvalue weighted by Gasteiger charge is 2.24. The second-order valence-electron chi connectivity index (χ2n) is 6.13. The van der Waals surface area contributed by atoms with E-state index < -0.39 is 15.9 Å². The largest absolute Gasteiger partial charge is 0.492 e. The zero-order chi connectivity index (χ0) is 20.9. The van der Waals surface area contributed by atoms with Crippen LogP contribution in [0.15, 0.2) is 51.8 Å². The molecule has 0 bridgehead atoms. The van der Waals surface area contributed by atoms with Crippen molar-refractivity contribution in [3.8, 4) is 5.75 Å². The van der Waals surface area contributed by atoms with Gasteiger partial charge in [0.05, 0.1) is 29.1 Å². The van der Waals surface area contributed by atoms with Crippen LogP contribution in [0.2, 0.25) is 5.02 Å². The maximum atomic E-state index is 12.7. The van der Waals surface area contributed by atoms with Crippen molar-refractivity contribution in [2.24, 2.45) is 0 Å². The number of likely N-dealkylation sites (N-methyl/N-ethyl adjacent to an activating group) is 1. The summed E-state index contributed by atoms with van der Waals surface area (Å²) in [5.74, 6) is 0.00497. The summed E-state index contributed by atoms with van der Waals surface area (Å²) in [6.07, 6.45) is 0. The van der Waals surface area contributed by atoms with Crippen molar-refractivity contribution in [2.45, 2.75) is 24.8 Å². The molecule has 0 saturated carbocycles. The van der Waals surface area contributed by atoms with Gasteiger partial charge in [-0.05, 0) is 49.7 Å². The number of nitrogens with one attached hydrogen (secondary N) is 1. The van der Waals surface area contributed by atoms with E-state index in [1.807, 2.05) is 38.1 Å². The average molecular weight is 490 g/mol. The van der Waals surface area contributed by atoms with E-state index in [0.717, 1.165) is 14.3 Å². The number of rotatable bonds is 8. The first-order valence-electron chi connectivity index (χ1n) is 8.58. The van der Waals surface area contributed by atoms with Crippen LogP contribution in [0.3, 0.4) is 0 Å². The van der Waals surface area contributed by atoms with Crippen LogP contribution in [-0.2, 0) is 14.8 Å². The highest BCUT2D eigenvalue weighted by atomic mass is 79.9. The summed E-state index contributed by atoms with van der Waals surface area (Å²) < 4.78 is 32.7. The fourth-order valence-electron chi connectivity index (χ4n) is 2.50. The van der Waals surface area contributed by atoms with Crippen molar-refractivity contribution < 1.29 is 17.9 Å². The van der Waals surface area contributed by atoms with E-state index in [1.54, 1.807) is 0 Å². The molecule has 152 valence electrons. The predicted octanol–water partition coefficient (Wildman–Crippen LogP) is 4.00. The molecule has 2 rings (SSSR count). The maximum Gasteiger partial charge on any atom is 0.243 e. The molecule has 6 nitrogen and oxygen atoms in total. The van der Waals surface area contributed by atoms with Gasteiger partial charge >= 0.3 is 0 Å². The van der Waals surface area contributed by atoms with E-state index in [-0.39, 0.29) is 22.5 Å². The molecule has 1 atom stereocenters. The Morgan fingerprint density at radius 2 is 1.89 bits per heavy atom. The van der Waals surface area contributed by atoms with Crippen LogP contribution >= 0.6 is 27.5 Å². The lowest BCUT2D eigenvalue weighted by Crippen LogP contribution is -2.39. The summed E-state index contributed by atoms with van der Waals surface area (Å²) in [5, 5.41) is 3.00. The van der Waals surface area contributed by atoms with E-state index in [4.69, 9.17) is 16.3 Å². The molecule has 2 aromatic rings. The molecule has 28 heavy (non-hydrogen) atoms. The lowest BCUT2D eigenvalue weighted by molar-refractivity contribution is -0.121. The number of benzene rings is 2. The molecule has 0 spiro atoms. The van der Waals surface area contributed by atoms with Gasteiger partial charge in [-0.3, -0.25) is 4.79 Å². The quantitative estimate of drug-likeness (QED) is 0.608. The number of hydrogen-bond donors (Lipinski definition) is 1. The summed E-state index contributed by atoms with van der Waals surface area (Å²) in [4.78, 5) is 12.3. The number of ether oxygens (including phenoxy) is 1. The number of carbonyl (C=O) groups excluding carboxylic acids is 1. The second-order valence-corrected chi connectivity index (χ2v) is 9.49. The Morgan fingerprint density at radius 3 is 2.46 bits per heavy atom. The number of carbonyl (C=O) groups is 1. The molecule has 0 saturated heterocycles. The van der Waals surface area contributed by atoms with Crippen molar-refractivity contribution in [1.29, 1.82) is 0 Å². The Hall–Kier alpha value is -1.61. The van der Waals surface area contributed by atoms with E-state index in [1.165, 1.54) is 25.2 Å². The number of sulfonamides is 1. The zero-order valence-electron chi connectivity index (χ0n) is 15.8. The first-order chi connectivity index (χ1) is 13.1. The Morgan fingerprint density at radius 1 is 1.25 bits per heavy atom. The average Bonchev–Trinajstić information content (AvgIpc) is 2.63. The van der Waals surface area contributed by atoms with Crippen LogP contribution in [-0.4, -0.2) is 38.8 Å². The van der Waals surface area contributed by atoms with Crippen molar-refractivity contribution in [3.05, 3.63) is 57.5 Å². The fraction of sp³-hybridized carbons (Fsp3) is 0.316. The SMILES string of the molecule is CCOc1ccc(S(=O)(=O)N(C)CC(=O)N[C@@H](C)c2ccc(Br)cc2)cc1Cl. The van der Waals surface area contributed by atoms with E-state index in [0.29, 0.717) is 12.4 Å². The minimum absolute atomic E-state index is 0.00258. The molecular formula is C19H22BrClN2O4S. The molecule has 0 heterocycles. The first-order valence-corrected chi connectivity index (χ1v) is 11.2. The lowest BCUT2D eigenvalue weighted by atomic mass is 10.1. The van der Waals surface area contributed by atoms with Gasteiger partial charge in [0.1, 0.15) is 5.75 Å². The third-order valence-corrected chi connectivity index (χ3v) is 6.65. The molecule has 1 amide bonds. The van der Waals surface area contributed by atoms with Crippen LogP contribution < -0.4 is 10.1 Å². The molecule has 0 aromatic heterocycles. The molecule has 0 unspecified atom stereocenters. The minimum atomic E-state index is -3.87.